The van der Waals surface area contributed by atoms with Gasteiger partial charge in [0.25, 0.3) is 5.91 Å². The Morgan fingerprint density at radius 1 is 1.21 bits per heavy atom. The third kappa shape index (κ3) is 5.18. The van der Waals surface area contributed by atoms with Gasteiger partial charge in [-0.3, -0.25) is 9.59 Å². The van der Waals surface area contributed by atoms with E-state index < -0.39 is 11.7 Å². The van der Waals surface area contributed by atoms with Gasteiger partial charge in [-0.1, -0.05) is 6.07 Å². The number of anilines is 5. The molecule has 2 aromatic carbocycles. The largest absolute Gasteiger partial charge is 0.495 e. The van der Waals surface area contributed by atoms with Gasteiger partial charge in [0.1, 0.15) is 23.2 Å². The lowest BCUT2D eigenvalue weighted by Crippen LogP contribution is -2.31. The Bertz CT molecular complexity index is 1520. The number of nitrogens with zero attached hydrogens (tertiary/aromatic N) is 4. The van der Waals surface area contributed by atoms with E-state index in [-0.39, 0.29) is 17.2 Å². The third-order valence-electron chi connectivity index (χ3n) is 6.55. The average Bonchev–Trinajstić information content (AvgIpc) is 3.53. The van der Waals surface area contributed by atoms with Crippen molar-refractivity contribution in [2.75, 3.05) is 49.8 Å². The summed E-state index contributed by atoms with van der Waals surface area (Å²) in [7, 11) is 5.45. The Labute approximate surface area is 224 Å². The van der Waals surface area contributed by atoms with Crippen molar-refractivity contribution in [1.82, 2.24) is 19.9 Å². The molecule has 2 amide bonds. The number of carbonyl (C=O) groups is 2. The highest BCUT2D eigenvalue weighted by atomic mass is 19.1. The van der Waals surface area contributed by atoms with Crippen LogP contribution in [0.5, 0.6) is 5.75 Å². The molecule has 39 heavy (non-hydrogen) atoms. The second-order valence-electron chi connectivity index (χ2n) is 9.45. The quantitative estimate of drug-likeness (QED) is 0.257. The van der Waals surface area contributed by atoms with Crippen LogP contribution in [0.3, 0.4) is 0 Å². The number of nitrogens with two attached hydrogens (primary N) is 1. The van der Waals surface area contributed by atoms with E-state index in [0.29, 0.717) is 54.1 Å². The zero-order valence-electron chi connectivity index (χ0n) is 21.8. The molecule has 5 N–H and O–H groups in total. The zero-order chi connectivity index (χ0) is 27.7. The summed E-state index contributed by atoms with van der Waals surface area (Å²) in [5.74, 6) is 0.140. The topological polar surface area (TPSA) is 142 Å². The number of H-pyrrole nitrogens is 1. The normalized spacial score (nSPS) is 12.6. The van der Waals surface area contributed by atoms with Gasteiger partial charge in [-0.25, -0.2) is 9.37 Å². The molecule has 0 saturated heterocycles. The molecule has 0 fully saturated rings. The van der Waals surface area contributed by atoms with Crippen molar-refractivity contribution < 1.29 is 18.7 Å². The van der Waals surface area contributed by atoms with Crippen LogP contribution in [0.1, 0.15) is 22.3 Å². The summed E-state index contributed by atoms with van der Waals surface area (Å²) in [4.78, 5) is 40.7. The van der Waals surface area contributed by atoms with E-state index in [2.05, 4.69) is 25.6 Å². The average molecular weight is 533 g/mol. The Hall–Kier alpha value is -4.71. The first kappa shape index (κ1) is 25.9. The standard InChI is InChI=1S/C27H29FN8O3/c1-35(2)11-9-22(37)36-12-8-15-13-21(39-3)19(14-20(15)36)32-27-33-25-16(7-10-30-25)26(34-27)31-18-6-4-5-17(28)23(18)24(29)38/h4-7,10,13-14H,8-9,11-12H2,1-3H3,(H2,29,38)(H3,30,31,32,33,34). The Morgan fingerprint density at radius 3 is 2.77 bits per heavy atom. The van der Waals surface area contributed by atoms with Gasteiger partial charge in [0.2, 0.25) is 11.9 Å². The highest BCUT2D eigenvalue weighted by molar-refractivity contribution is 6.00. The molecule has 0 saturated carbocycles. The Kier molecular flexibility index (Phi) is 7.03. The Morgan fingerprint density at radius 2 is 2.03 bits per heavy atom. The van der Waals surface area contributed by atoms with Gasteiger partial charge in [0.05, 0.1) is 29.6 Å². The van der Waals surface area contributed by atoms with E-state index in [1.165, 1.54) is 12.1 Å². The minimum Gasteiger partial charge on any atom is -0.495 e. The van der Waals surface area contributed by atoms with Gasteiger partial charge in [0, 0.05) is 31.4 Å². The number of methoxy groups -OCH3 is 1. The molecular weight excluding hydrogens is 503 g/mol. The summed E-state index contributed by atoms with van der Waals surface area (Å²) >= 11 is 0. The number of benzene rings is 2. The Balaban J connectivity index is 1.49. The molecule has 3 heterocycles. The summed E-state index contributed by atoms with van der Waals surface area (Å²) in [6, 6.07) is 9.71. The van der Waals surface area contributed by atoms with E-state index >= 15 is 0 Å². The minimum absolute atomic E-state index is 0.0532. The van der Waals surface area contributed by atoms with Crippen LogP contribution in [0.4, 0.5) is 33.2 Å². The van der Waals surface area contributed by atoms with Crippen molar-refractivity contribution >= 4 is 40.6 Å². The maximum absolute atomic E-state index is 14.4. The molecule has 3 aliphatic heterocycles. The highest BCUT2D eigenvalue weighted by Gasteiger charge is 2.27. The van der Waals surface area contributed by atoms with Gasteiger partial charge in [-0.05, 0) is 56.4 Å². The first-order valence-corrected chi connectivity index (χ1v) is 12.4. The molecule has 0 bridgehead atoms. The molecule has 0 spiro atoms. The molecule has 202 valence electrons. The lowest BCUT2D eigenvalue weighted by molar-refractivity contribution is -0.118. The number of aromatic nitrogens is 3. The predicted octanol–water partition coefficient (Wildman–Crippen LogP) is 3.48. The van der Waals surface area contributed by atoms with Crippen LogP contribution in [-0.4, -0.2) is 66.0 Å². The molecule has 5 rings (SSSR count). The highest BCUT2D eigenvalue weighted by Crippen LogP contribution is 2.39. The van der Waals surface area contributed by atoms with Crippen LogP contribution in [-0.2, 0) is 11.2 Å². The predicted molar refractivity (Wildman–Crippen MR) is 147 cm³/mol. The molecule has 0 aliphatic carbocycles. The molecule has 0 unspecified atom stereocenters. The van der Waals surface area contributed by atoms with Crippen molar-refractivity contribution in [2.24, 2.45) is 5.73 Å². The summed E-state index contributed by atoms with van der Waals surface area (Å²) in [5, 5.41) is 6.26. The van der Waals surface area contributed by atoms with Crippen molar-refractivity contribution in [1.29, 1.82) is 0 Å². The van der Waals surface area contributed by atoms with Crippen LogP contribution in [0, 0.1) is 5.82 Å². The fourth-order valence-corrected chi connectivity index (χ4v) is 4.62. The van der Waals surface area contributed by atoms with Crippen molar-refractivity contribution in [3.05, 3.63) is 59.5 Å². The van der Waals surface area contributed by atoms with Gasteiger partial charge >= 0.3 is 0 Å². The van der Waals surface area contributed by atoms with E-state index in [4.69, 9.17) is 10.5 Å². The zero-order valence-corrected chi connectivity index (χ0v) is 21.8. The summed E-state index contributed by atoms with van der Waals surface area (Å²) < 4.78 is 20.0. The fraction of sp³-hybridized carbons (Fsp3) is 0.259. The molecule has 3 aliphatic rings. The minimum atomic E-state index is -0.902. The maximum Gasteiger partial charge on any atom is 0.253 e. The maximum atomic E-state index is 14.4. The summed E-state index contributed by atoms with van der Waals surface area (Å²) in [6.07, 6.45) is 2.75. The number of carbonyl (C=O) groups excluding carboxylic acids is 2. The smallest absolute Gasteiger partial charge is 0.253 e. The van der Waals surface area contributed by atoms with Crippen LogP contribution in [0.25, 0.3) is 11.4 Å². The first-order valence-electron chi connectivity index (χ1n) is 12.4. The van der Waals surface area contributed by atoms with E-state index in [1.807, 2.05) is 31.1 Å². The number of hydrogen-bond donors (Lipinski definition) is 4. The number of hydrogen-bond acceptors (Lipinski definition) is 8. The van der Waals surface area contributed by atoms with Gasteiger partial charge < -0.3 is 35.9 Å². The second kappa shape index (κ2) is 10.6. The van der Waals surface area contributed by atoms with Crippen molar-refractivity contribution in [3.63, 3.8) is 0 Å². The molecule has 12 heteroatoms. The number of primary amides is 1. The third-order valence-corrected chi connectivity index (χ3v) is 6.55. The number of halogens is 1. The number of rotatable bonds is 9. The molecule has 0 atom stereocenters. The number of amides is 2. The van der Waals surface area contributed by atoms with Crippen molar-refractivity contribution in [3.8, 4) is 17.1 Å². The van der Waals surface area contributed by atoms with Gasteiger partial charge in [-0.2, -0.15) is 4.98 Å². The molecule has 11 nitrogen and oxygen atoms in total. The van der Waals surface area contributed by atoms with Gasteiger partial charge in [0.15, 0.2) is 0 Å². The summed E-state index contributed by atoms with van der Waals surface area (Å²) in [5.41, 5.74) is 8.38. The second-order valence-corrected chi connectivity index (χ2v) is 9.45. The number of ether oxygens (including phenoxy) is 1. The molecule has 0 aromatic heterocycles. The SMILES string of the molecule is COc1cc2c(cc1Nc1nc(Nc3cccc(F)c3C(N)=O)c3ccnc-3[nH]1)N(C(=O)CCN(C)C)CC2. The lowest BCUT2D eigenvalue weighted by Gasteiger charge is -2.21. The van der Waals surface area contributed by atoms with E-state index in [0.717, 1.165) is 17.7 Å². The van der Waals surface area contributed by atoms with Crippen molar-refractivity contribution in [2.45, 2.75) is 12.8 Å². The monoisotopic (exact) mass is 532 g/mol. The number of nitrogens with one attached hydrogen (secondary N) is 3. The van der Waals surface area contributed by atoms with Gasteiger partial charge in [-0.15, -0.1) is 0 Å². The number of fused-ring (bicyclic) bond motifs is 2. The molecular formula is C27H29FN8O3. The van der Waals surface area contributed by atoms with Crippen LogP contribution in [0.15, 0.2) is 42.6 Å². The summed E-state index contributed by atoms with van der Waals surface area (Å²) in [6.45, 7) is 1.27. The van der Waals surface area contributed by atoms with E-state index in [9.17, 15) is 14.0 Å². The van der Waals surface area contributed by atoms with Crippen LogP contribution >= 0.6 is 0 Å². The van der Waals surface area contributed by atoms with E-state index in [1.54, 1.807) is 30.3 Å². The fourth-order valence-electron chi connectivity index (χ4n) is 4.62. The molecule has 0 radical (unpaired) electrons. The first-order chi connectivity index (χ1) is 18.7. The molecule has 2 aromatic rings. The number of aromatic amines is 1. The lowest BCUT2D eigenvalue weighted by atomic mass is 10.1. The van der Waals surface area contributed by atoms with Crippen LogP contribution < -0.4 is 26.0 Å². The van der Waals surface area contributed by atoms with Crippen LogP contribution in [0.2, 0.25) is 0 Å².